The summed E-state index contributed by atoms with van der Waals surface area (Å²) in [5.74, 6) is -0.863. The minimum atomic E-state index is -0.863. The van der Waals surface area contributed by atoms with Crippen molar-refractivity contribution in [1.29, 1.82) is 0 Å². The zero-order chi connectivity index (χ0) is 13.4. The molecule has 3 N–H and O–H groups in total. The van der Waals surface area contributed by atoms with E-state index in [9.17, 15) is 9.59 Å². The van der Waals surface area contributed by atoms with Gasteiger partial charge in [0, 0.05) is 24.5 Å². The number of aliphatic carboxylic acids is 1. The largest absolute Gasteiger partial charge is 0.481 e. The van der Waals surface area contributed by atoms with E-state index >= 15 is 0 Å². The van der Waals surface area contributed by atoms with Gasteiger partial charge in [-0.25, -0.2) is 4.79 Å². The molecule has 0 unspecified atom stereocenters. The molecule has 1 aromatic rings. The lowest BCUT2D eigenvalue weighted by atomic mass is 10.2. The van der Waals surface area contributed by atoms with Crippen LogP contribution in [0, 0.1) is 0 Å². The Morgan fingerprint density at radius 1 is 1.17 bits per heavy atom. The summed E-state index contributed by atoms with van der Waals surface area (Å²) < 4.78 is 0. The summed E-state index contributed by atoms with van der Waals surface area (Å²) in [4.78, 5) is 21.6. The highest BCUT2D eigenvalue weighted by atomic mass is 35.5. The molecule has 98 valence electrons. The van der Waals surface area contributed by atoms with E-state index in [0.717, 1.165) is 5.56 Å². The van der Waals surface area contributed by atoms with Gasteiger partial charge in [0.05, 0.1) is 0 Å². The van der Waals surface area contributed by atoms with Crippen molar-refractivity contribution in [2.75, 3.05) is 6.54 Å². The molecule has 0 heterocycles. The van der Waals surface area contributed by atoms with E-state index < -0.39 is 5.97 Å². The monoisotopic (exact) mass is 270 g/mol. The number of amides is 2. The minimum Gasteiger partial charge on any atom is -0.481 e. The Labute approximate surface area is 110 Å². The summed E-state index contributed by atoms with van der Waals surface area (Å²) in [5.41, 5.74) is 0.945. The van der Waals surface area contributed by atoms with Gasteiger partial charge in [0.15, 0.2) is 0 Å². The fourth-order valence-electron chi connectivity index (χ4n) is 1.29. The summed E-state index contributed by atoms with van der Waals surface area (Å²) in [6.07, 6.45) is 0.473. The van der Waals surface area contributed by atoms with E-state index in [2.05, 4.69) is 10.6 Å². The molecule has 0 radical (unpaired) electrons. The third-order valence-corrected chi connectivity index (χ3v) is 2.47. The van der Waals surface area contributed by atoms with E-state index in [0.29, 0.717) is 24.5 Å². The number of nitrogens with one attached hydrogen (secondary N) is 2. The topological polar surface area (TPSA) is 78.4 Å². The maximum atomic E-state index is 11.3. The fourth-order valence-corrected chi connectivity index (χ4v) is 1.41. The molecule has 0 fully saturated rings. The van der Waals surface area contributed by atoms with Gasteiger partial charge in [-0.1, -0.05) is 23.7 Å². The molecule has 1 rings (SSSR count). The number of rotatable bonds is 6. The molecule has 0 bridgehead atoms. The highest BCUT2D eigenvalue weighted by molar-refractivity contribution is 6.30. The van der Waals surface area contributed by atoms with E-state index in [1.54, 1.807) is 12.1 Å². The lowest BCUT2D eigenvalue weighted by Gasteiger charge is -2.07. The van der Waals surface area contributed by atoms with Crippen molar-refractivity contribution in [3.63, 3.8) is 0 Å². The summed E-state index contributed by atoms with van der Waals surface area (Å²) in [5, 5.41) is 14.3. The molecular weight excluding hydrogens is 256 g/mol. The second-order valence-electron chi connectivity index (χ2n) is 3.73. The smallest absolute Gasteiger partial charge is 0.315 e. The first-order valence-corrected chi connectivity index (χ1v) is 5.93. The van der Waals surface area contributed by atoms with Crippen molar-refractivity contribution in [1.82, 2.24) is 10.6 Å². The van der Waals surface area contributed by atoms with Crippen LogP contribution in [-0.4, -0.2) is 23.7 Å². The Kier molecular flexibility index (Phi) is 6.00. The molecule has 0 saturated carbocycles. The van der Waals surface area contributed by atoms with E-state index in [-0.39, 0.29) is 12.5 Å². The third kappa shape index (κ3) is 6.10. The number of carboxylic acid groups (broad SMARTS) is 1. The molecular formula is C12H15ClN2O3. The second kappa shape index (κ2) is 7.55. The Hall–Kier alpha value is -1.75. The standard InChI is InChI=1S/C12H15ClN2O3/c13-10-5-3-9(4-6-10)8-15-12(18)14-7-1-2-11(16)17/h3-6H,1-2,7-8H2,(H,16,17)(H2,14,15,18). The van der Waals surface area contributed by atoms with Gasteiger partial charge in [-0.3, -0.25) is 4.79 Å². The molecule has 2 amide bonds. The molecule has 0 aliphatic rings. The van der Waals surface area contributed by atoms with Crippen LogP contribution < -0.4 is 10.6 Å². The van der Waals surface area contributed by atoms with Gasteiger partial charge >= 0.3 is 12.0 Å². The Morgan fingerprint density at radius 2 is 1.83 bits per heavy atom. The van der Waals surface area contributed by atoms with Crippen LogP contribution in [0.1, 0.15) is 18.4 Å². The molecule has 0 spiro atoms. The average molecular weight is 271 g/mol. The normalized spacial score (nSPS) is 9.83. The predicted molar refractivity (Wildman–Crippen MR) is 68.6 cm³/mol. The zero-order valence-corrected chi connectivity index (χ0v) is 10.5. The van der Waals surface area contributed by atoms with E-state index in [4.69, 9.17) is 16.7 Å². The third-order valence-electron chi connectivity index (χ3n) is 2.22. The van der Waals surface area contributed by atoms with Crippen molar-refractivity contribution >= 4 is 23.6 Å². The van der Waals surface area contributed by atoms with Crippen LogP contribution in [0.2, 0.25) is 5.02 Å². The van der Waals surface area contributed by atoms with Gasteiger partial charge in [-0.15, -0.1) is 0 Å². The first kappa shape index (κ1) is 14.3. The summed E-state index contributed by atoms with van der Waals surface area (Å²) in [6.45, 7) is 0.751. The predicted octanol–water partition coefficient (Wildman–Crippen LogP) is 2.00. The average Bonchev–Trinajstić information content (AvgIpc) is 2.34. The molecule has 0 aromatic heterocycles. The van der Waals surface area contributed by atoms with Crippen LogP contribution in [0.5, 0.6) is 0 Å². The van der Waals surface area contributed by atoms with Crippen LogP contribution in [-0.2, 0) is 11.3 Å². The Bertz CT molecular complexity index is 406. The van der Waals surface area contributed by atoms with Gasteiger partial charge in [0.2, 0.25) is 0 Å². The highest BCUT2D eigenvalue weighted by Gasteiger charge is 2.01. The van der Waals surface area contributed by atoms with Crippen molar-refractivity contribution in [3.05, 3.63) is 34.9 Å². The molecule has 0 aliphatic carbocycles. The van der Waals surface area contributed by atoms with Gasteiger partial charge in [-0.05, 0) is 24.1 Å². The Balaban J connectivity index is 2.17. The molecule has 18 heavy (non-hydrogen) atoms. The maximum absolute atomic E-state index is 11.3. The van der Waals surface area contributed by atoms with Crippen molar-refractivity contribution < 1.29 is 14.7 Å². The first-order chi connectivity index (χ1) is 8.58. The molecule has 0 aliphatic heterocycles. The van der Waals surface area contributed by atoms with Gasteiger partial charge < -0.3 is 15.7 Å². The lowest BCUT2D eigenvalue weighted by Crippen LogP contribution is -2.35. The number of carbonyl (C=O) groups is 2. The molecule has 6 heteroatoms. The summed E-state index contributed by atoms with van der Waals surface area (Å²) in [7, 11) is 0. The van der Waals surface area contributed by atoms with Crippen molar-refractivity contribution in [2.24, 2.45) is 0 Å². The lowest BCUT2D eigenvalue weighted by molar-refractivity contribution is -0.137. The van der Waals surface area contributed by atoms with Crippen LogP contribution in [0.25, 0.3) is 0 Å². The zero-order valence-electron chi connectivity index (χ0n) is 9.78. The molecule has 5 nitrogen and oxygen atoms in total. The van der Waals surface area contributed by atoms with Crippen LogP contribution in [0.3, 0.4) is 0 Å². The van der Waals surface area contributed by atoms with Gasteiger partial charge in [0.25, 0.3) is 0 Å². The number of urea groups is 1. The van der Waals surface area contributed by atoms with Gasteiger partial charge in [0.1, 0.15) is 0 Å². The van der Waals surface area contributed by atoms with Crippen molar-refractivity contribution in [3.8, 4) is 0 Å². The number of benzene rings is 1. The minimum absolute atomic E-state index is 0.0530. The number of carbonyl (C=O) groups excluding carboxylic acids is 1. The van der Waals surface area contributed by atoms with E-state index in [1.807, 2.05) is 12.1 Å². The SMILES string of the molecule is O=C(O)CCCNC(=O)NCc1ccc(Cl)cc1. The van der Waals surface area contributed by atoms with Crippen LogP contribution in [0.4, 0.5) is 4.79 Å². The van der Waals surface area contributed by atoms with Crippen LogP contribution >= 0.6 is 11.6 Å². The molecule has 0 atom stereocenters. The quantitative estimate of drug-likeness (QED) is 0.692. The number of hydrogen-bond acceptors (Lipinski definition) is 2. The van der Waals surface area contributed by atoms with Crippen LogP contribution in [0.15, 0.2) is 24.3 Å². The summed E-state index contributed by atoms with van der Waals surface area (Å²) in [6, 6.07) is 6.85. The molecule has 1 aromatic carbocycles. The Morgan fingerprint density at radius 3 is 2.44 bits per heavy atom. The second-order valence-corrected chi connectivity index (χ2v) is 4.17. The van der Waals surface area contributed by atoms with Gasteiger partial charge in [-0.2, -0.15) is 0 Å². The fraction of sp³-hybridized carbons (Fsp3) is 0.333. The number of carboxylic acids is 1. The molecule has 0 saturated heterocycles. The van der Waals surface area contributed by atoms with E-state index in [1.165, 1.54) is 0 Å². The van der Waals surface area contributed by atoms with Crippen molar-refractivity contribution in [2.45, 2.75) is 19.4 Å². The number of halogens is 1. The maximum Gasteiger partial charge on any atom is 0.315 e. The number of hydrogen-bond donors (Lipinski definition) is 3. The first-order valence-electron chi connectivity index (χ1n) is 5.56. The summed E-state index contributed by atoms with van der Waals surface area (Å²) >= 11 is 5.74. The highest BCUT2D eigenvalue weighted by Crippen LogP contribution is 2.08.